The molecule has 0 unspecified atom stereocenters. The molecule has 0 saturated heterocycles. The first-order valence-electron chi connectivity index (χ1n) is 11.2. The van der Waals surface area contributed by atoms with Crippen molar-refractivity contribution in [1.29, 1.82) is 0 Å². The van der Waals surface area contributed by atoms with E-state index in [0.29, 0.717) is 30.4 Å². The SMILES string of the molecule is O=C(Nc1cc2c(nc1-c1ccccc1)CCNC2)c1cc(-c2ccccn2)c(C(F)(F)F)cc1F. The van der Waals surface area contributed by atoms with Crippen LogP contribution in [0.3, 0.4) is 0 Å². The first-order valence-corrected chi connectivity index (χ1v) is 11.2. The van der Waals surface area contributed by atoms with Crippen LogP contribution in [0, 0.1) is 5.82 Å². The smallest absolute Gasteiger partial charge is 0.320 e. The molecule has 0 spiro atoms. The van der Waals surface area contributed by atoms with Crippen LogP contribution in [0.15, 0.2) is 72.9 Å². The largest absolute Gasteiger partial charge is 0.417 e. The first-order chi connectivity index (χ1) is 17.3. The molecule has 1 aliphatic heterocycles. The van der Waals surface area contributed by atoms with Gasteiger partial charge in [0, 0.05) is 42.5 Å². The molecule has 0 atom stereocenters. The fraction of sp³-hybridized carbons (Fsp3) is 0.148. The highest BCUT2D eigenvalue weighted by Crippen LogP contribution is 2.38. The average molecular weight is 492 g/mol. The molecule has 5 nitrogen and oxygen atoms in total. The van der Waals surface area contributed by atoms with Crippen molar-refractivity contribution in [3.05, 3.63) is 101 Å². The maximum Gasteiger partial charge on any atom is 0.417 e. The van der Waals surface area contributed by atoms with Gasteiger partial charge in [0.2, 0.25) is 0 Å². The number of pyridine rings is 2. The summed E-state index contributed by atoms with van der Waals surface area (Å²) in [6, 6.07) is 16.6. The zero-order chi connectivity index (χ0) is 25.3. The number of hydrogen-bond acceptors (Lipinski definition) is 4. The minimum absolute atomic E-state index is 0.0228. The van der Waals surface area contributed by atoms with Crippen molar-refractivity contribution in [2.24, 2.45) is 0 Å². The predicted molar refractivity (Wildman–Crippen MR) is 128 cm³/mol. The van der Waals surface area contributed by atoms with Crippen molar-refractivity contribution in [3.63, 3.8) is 0 Å². The summed E-state index contributed by atoms with van der Waals surface area (Å²) < 4.78 is 56.0. The monoisotopic (exact) mass is 492 g/mol. The van der Waals surface area contributed by atoms with Gasteiger partial charge in [-0.3, -0.25) is 14.8 Å². The number of fused-ring (bicyclic) bond motifs is 1. The van der Waals surface area contributed by atoms with Crippen LogP contribution < -0.4 is 10.6 Å². The molecular formula is C27H20F4N4O. The number of carbonyl (C=O) groups excluding carboxylic acids is 1. The topological polar surface area (TPSA) is 66.9 Å². The molecule has 1 aliphatic rings. The summed E-state index contributed by atoms with van der Waals surface area (Å²) in [5, 5.41) is 5.92. The van der Waals surface area contributed by atoms with E-state index in [-0.39, 0.29) is 11.3 Å². The Labute approximate surface area is 204 Å². The van der Waals surface area contributed by atoms with Crippen molar-refractivity contribution in [2.45, 2.75) is 19.1 Å². The molecule has 5 rings (SSSR count). The van der Waals surface area contributed by atoms with Gasteiger partial charge in [-0.1, -0.05) is 36.4 Å². The molecule has 2 N–H and O–H groups in total. The quantitative estimate of drug-likeness (QED) is 0.350. The lowest BCUT2D eigenvalue weighted by atomic mass is 9.98. The van der Waals surface area contributed by atoms with E-state index in [9.17, 15) is 22.4 Å². The Hall–Kier alpha value is -4.11. The zero-order valence-electron chi connectivity index (χ0n) is 18.9. The van der Waals surface area contributed by atoms with Crippen LogP contribution in [0.2, 0.25) is 0 Å². The fourth-order valence-corrected chi connectivity index (χ4v) is 4.21. The summed E-state index contributed by atoms with van der Waals surface area (Å²) in [4.78, 5) is 22.0. The van der Waals surface area contributed by atoms with E-state index in [0.717, 1.165) is 29.4 Å². The Kier molecular flexibility index (Phi) is 6.24. The molecule has 36 heavy (non-hydrogen) atoms. The van der Waals surface area contributed by atoms with Gasteiger partial charge in [0.25, 0.3) is 5.91 Å². The number of anilines is 1. The third-order valence-electron chi connectivity index (χ3n) is 5.94. The van der Waals surface area contributed by atoms with Gasteiger partial charge in [-0.15, -0.1) is 0 Å². The number of carbonyl (C=O) groups is 1. The molecular weight excluding hydrogens is 472 g/mol. The molecule has 1 amide bonds. The Morgan fingerprint density at radius 1 is 1.00 bits per heavy atom. The summed E-state index contributed by atoms with van der Waals surface area (Å²) in [5.41, 5.74) is 1.23. The van der Waals surface area contributed by atoms with Crippen LogP contribution in [0.5, 0.6) is 0 Å². The van der Waals surface area contributed by atoms with Crippen molar-refractivity contribution in [3.8, 4) is 22.5 Å². The third-order valence-corrected chi connectivity index (χ3v) is 5.94. The van der Waals surface area contributed by atoms with Crippen molar-refractivity contribution in [1.82, 2.24) is 15.3 Å². The number of hydrogen-bond donors (Lipinski definition) is 2. The number of benzene rings is 2. The van der Waals surface area contributed by atoms with E-state index in [4.69, 9.17) is 4.98 Å². The molecule has 0 aliphatic carbocycles. The number of nitrogens with one attached hydrogen (secondary N) is 2. The fourth-order valence-electron chi connectivity index (χ4n) is 4.21. The molecule has 0 bridgehead atoms. The Morgan fingerprint density at radius 2 is 1.78 bits per heavy atom. The van der Waals surface area contributed by atoms with Gasteiger partial charge in [-0.25, -0.2) is 4.39 Å². The van der Waals surface area contributed by atoms with Gasteiger partial charge >= 0.3 is 6.18 Å². The minimum atomic E-state index is -4.83. The van der Waals surface area contributed by atoms with E-state index in [1.54, 1.807) is 12.1 Å². The Morgan fingerprint density at radius 3 is 2.50 bits per heavy atom. The molecule has 0 fully saturated rings. The lowest BCUT2D eigenvalue weighted by Crippen LogP contribution is -2.25. The van der Waals surface area contributed by atoms with Crippen LogP contribution in [-0.2, 0) is 19.1 Å². The van der Waals surface area contributed by atoms with Crippen LogP contribution in [-0.4, -0.2) is 22.4 Å². The number of rotatable bonds is 4. The summed E-state index contributed by atoms with van der Waals surface area (Å²) in [6.07, 6.45) is -2.79. The van der Waals surface area contributed by atoms with Crippen LogP contribution in [0.4, 0.5) is 23.2 Å². The molecule has 2 aromatic carbocycles. The number of nitrogens with zero attached hydrogens (tertiary/aromatic N) is 2. The molecule has 3 heterocycles. The highest BCUT2D eigenvalue weighted by Gasteiger charge is 2.36. The third kappa shape index (κ3) is 4.70. The van der Waals surface area contributed by atoms with E-state index in [1.807, 2.05) is 30.3 Å². The van der Waals surface area contributed by atoms with Crippen molar-refractivity contribution in [2.75, 3.05) is 11.9 Å². The van der Waals surface area contributed by atoms with Crippen molar-refractivity contribution >= 4 is 11.6 Å². The second-order valence-electron chi connectivity index (χ2n) is 8.33. The lowest BCUT2D eigenvalue weighted by molar-refractivity contribution is -0.137. The number of halogens is 4. The summed E-state index contributed by atoms with van der Waals surface area (Å²) in [7, 11) is 0. The summed E-state index contributed by atoms with van der Waals surface area (Å²) >= 11 is 0. The zero-order valence-corrected chi connectivity index (χ0v) is 18.9. The molecule has 2 aromatic heterocycles. The second kappa shape index (κ2) is 9.50. The number of alkyl halides is 3. The van der Waals surface area contributed by atoms with E-state index in [2.05, 4.69) is 15.6 Å². The van der Waals surface area contributed by atoms with Crippen molar-refractivity contribution < 1.29 is 22.4 Å². The maximum atomic E-state index is 14.9. The average Bonchev–Trinajstić information content (AvgIpc) is 2.88. The van der Waals surface area contributed by atoms with E-state index >= 15 is 0 Å². The number of aromatic nitrogens is 2. The van der Waals surface area contributed by atoms with Gasteiger partial charge in [0.1, 0.15) is 5.82 Å². The first kappa shape index (κ1) is 23.6. The molecule has 4 aromatic rings. The second-order valence-corrected chi connectivity index (χ2v) is 8.33. The highest BCUT2D eigenvalue weighted by molar-refractivity contribution is 6.07. The van der Waals surface area contributed by atoms with Crippen LogP contribution >= 0.6 is 0 Å². The summed E-state index contributed by atoms with van der Waals surface area (Å²) in [6.45, 7) is 1.33. The normalized spacial score (nSPS) is 13.2. The minimum Gasteiger partial charge on any atom is -0.320 e. The summed E-state index contributed by atoms with van der Waals surface area (Å²) in [5.74, 6) is -2.17. The Bertz CT molecular complexity index is 1420. The predicted octanol–water partition coefficient (Wildman–Crippen LogP) is 5.87. The van der Waals surface area contributed by atoms with Crippen LogP contribution in [0.1, 0.15) is 27.2 Å². The Balaban J connectivity index is 1.59. The maximum absolute atomic E-state index is 14.9. The van der Waals surface area contributed by atoms with Crippen LogP contribution in [0.25, 0.3) is 22.5 Å². The van der Waals surface area contributed by atoms with E-state index in [1.165, 1.54) is 18.3 Å². The molecule has 182 valence electrons. The van der Waals surface area contributed by atoms with Gasteiger partial charge in [-0.2, -0.15) is 13.2 Å². The number of amides is 1. The highest BCUT2D eigenvalue weighted by atomic mass is 19.4. The van der Waals surface area contributed by atoms with Gasteiger partial charge in [-0.05, 0) is 35.9 Å². The van der Waals surface area contributed by atoms with Gasteiger partial charge in [0.05, 0.1) is 28.2 Å². The van der Waals surface area contributed by atoms with Gasteiger partial charge in [0.15, 0.2) is 0 Å². The standard InChI is InChI=1S/C27H20F4N4O/c28-21-14-20(27(29,30)31)18(23-8-4-5-10-33-23)13-19(21)26(36)35-24-12-17-15-32-11-9-22(17)34-25(24)16-6-2-1-3-7-16/h1-8,10,12-14,32H,9,11,15H2,(H,35,36). The molecule has 9 heteroatoms. The molecule has 0 saturated carbocycles. The van der Waals surface area contributed by atoms with Gasteiger partial charge < -0.3 is 10.6 Å². The van der Waals surface area contributed by atoms with E-state index < -0.39 is 29.0 Å². The lowest BCUT2D eigenvalue weighted by Gasteiger charge is -2.20. The molecule has 0 radical (unpaired) electrons.